The second kappa shape index (κ2) is 15.0. The van der Waals surface area contributed by atoms with Gasteiger partial charge in [-0.05, 0) is 47.9 Å². The van der Waals surface area contributed by atoms with Crippen LogP contribution >= 0.6 is 21.6 Å². The lowest BCUT2D eigenvalue weighted by molar-refractivity contribution is -0.666. The fourth-order valence-corrected chi connectivity index (χ4v) is 5.70. The van der Waals surface area contributed by atoms with Gasteiger partial charge in [-0.2, -0.15) is 0 Å². The Morgan fingerprint density at radius 3 is 1.10 bits per heavy atom. The lowest BCUT2D eigenvalue weighted by Gasteiger charge is -2.08. The Morgan fingerprint density at radius 1 is 0.500 bits per heavy atom. The monoisotopic (exact) mass is 446 g/mol. The molecular weight excluding hydrogens is 404 g/mol. The highest BCUT2D eigenvalue weighted by Gasteiger charge is 2.03. The summed E-state index contributed by atoms with van der Waals surface area (Å²) in [6, 6.07) is 14.2. The molecule has 0 heterocycles. The number of quaternary nitrogens is 2. The predicted octanol–water partition coefficient (Wildman–Crippen LogP) is 4.14. The molecule has 0 bridgehead atoms. The highest BCUT2D eigenvalue weighted by Crippen LogP contribution is 2.18. The molecule has 0 saturated heterocycles. The van der Waals surface area contributed by atoms with Crippen molar-refractivity contribution in [3.8, 4) is 0 Å². The van der Waals surface area contributed by atoms with Crippen LogP contribution < -0.4 is 10.6 Å². The maximum atomic E-state index is 2.46. The van der Waals surface area contributed by atoms with E-state index in [9.17, 15) is 0 Å². The maximum Gasteiger partial charge on any atom is 0.101 e. The van der Waals surface area contributed by atoms with Crippen molar-refractivity contribution in [3.05, 3.63) is 69.8 Å². The van der Waals surface area contributed by atoms with Gasteiger partial charge in [0.05, 0.1) is 24.6 Å². The molecule has 4 heteroatoms. The van der Waals surface area contributed by atoms with Gasteiger partial charge >= 0.3 is 0 Å². The van der Waals surface area contributed by atoms with Gasteiger partial charge in [-0.15, -0.1) is 0 Å². The fraction of sp³-hybridized carbons (Fsp3) is 0.538. The summed E-state index contributed by atoms with van der Waals surface area (Å²) in [5.74, 6) is 2.44. The van der Waals surface area contributed by atoms with Crippen molar-refractivity contribution in [1.82, 2.24) is 0 Å². The molecule has 0 spiro atoms. The van der Waals surface area contributed by atoms with Gasteiger partial charge < -0.3 is 10.6 Å². The zero-order chi connectivity index (χ0) is 21.6. The molecule has 0 aromatic heterocycles. The number of rotatable bonds is 15. The zero-order valence-electron chi connectivity index (χ0n) is 19.5. The van der Waals surface area contributed by atoms with Crippen LogP contribution in [0.2, 0.25) is 0 Å². The second-order valence-electron chi connectivity index (χ2n) is 7.94. The lowest BCUT2D eigenvalue weighted by Crippen LogP contribution is -2.83. The molecule has 0 radical (unpaired) electrons. The van der Waals surface area contributed by atoms with Crippen LogP contribution in [0.3, 0.4) is 0 Å². The van der Waals surface area contributed by atoms with Gasteiger partial charge in [0.2, 0.25) is 0 Å². The minimum atomic E-state index is 1.11. The van der Waals surface area contributed by atoms with Crippen molar-refractivity contribution < 1.29 is 10.6 Å². The van der Waals surface area contributed by atoms with Gasteiger partial charge in [-0.3, -0.25) is 0 Å². The van der Waals surface area contributed by atoms with Crippen LogP contribution in [-0.4, -0.2) is 24.6 Å². The molecule has 2 rings (SSSR count). The number of hydrogen-bond acceptors (Lipinski definition) is 2. The summed E-state index contributed by atoms with van der Waals surface area (Å²) in [7, 11) is 4.06. The van der Waals surface area contributed by atoms with Crippen molar-refractivity contribution in [2.45, 2.75) is 66.5 Å². The topological polar surface area (TPSA) is 33.2 Å². The minimum Gasteiger partial charge on any atom is -0.342 e. The molecule has 2 nitrogen and oxygen atoms in total. The molecule has 0 unspecified atom stereocenters. The molecule has 0 aliphatic rings. The first-order chi connectivity index (χ1) is 14.7. The molecule has 2 aromatic rings. The Balaban J connectivity index is 1.54. The smallest absolute Gasteiger partial charge is 0.101 e. The summed E-state index contributed by atoms with van der Waals surface area (Å²) < 4.78 is 0. The molecule has 0 atom stereocenters. The van der Waals surface area contributed by atoms with E-state index in [1.54, 1.807) is 0 Å². The average molecular weight is 447 g/mol. The molecule has 2 aromatic carbocycles. The van der Waals surface area contributed by atoms with E-state index in [4.69, 9.17) is 0 Å². The molecule has 4 N–H and O–H groups in total. The van der Waals surface area contributed by atoms with Crippen LogP contribution in [0, 0.1) is 0 Å². The Hall–Kier alpha value is -0.940. The summed E-state index contributed by atoms with van der Waals surface area (Å²) in [6.07, 6.45) is 4.53. The van der Waals surface area contributed by atoms with Gasteiger partial charge in [-0.1, -0.05) is 85.7 Å². The van der Waals surface area contributed by atoms with E-state index in [2.05, 4.69) is 74.7 Å². The van der Waals surface area contributed by atoms with Crippen LogP contribution in [0.25, 0.3) is 0 Å². The standard InChI is InChI=1S/C26H40N2S2/c1-5-21-13-22(6-2)16-25(15-21)19-27-9-11-29-30-12-10-28-20-26-17-23(7-3)14-24(8-4)18-26/h13-18,27-28H,5-12,19-20H2,1-4H3/p+2. The van der Waals surface area contributed by atoms with E-state index < -0.39 is 0 Å². The van der Waals surface area contributed by atoms with Crippen molar-refractivity contribution in [1.29, 1.82) is 0 Å². The maximum absolute atomic E-state index is 2.46. The zero-order valence-corrected chi connectivity index (χ0v) is 21.1. The average Bonchev–Trinajstić information content (AvgIpc) is 2.79. The number of hydrogen-bond donors (Lipinski definition) is 2. The fourth-order valence-electron chi connectivity index (χ4n) is 3.65. The van der Waals surface area contributed by atoms with Gasteiger partial charge in [0.25, 0.3) is 0 Å². The Bertz CT molecular complexity index is 638. The van der Waals surface area contributed by atoms with Gasteiger partial charge in [-0.25, -0.2) is 0 Å². The van der Waals surface area contributed by atoms with Crippen molar-refractivity contribution in [2.75, 3.05) is 24.6 Å². The Kier molecular flexibility index (Phi) is 12.6. The summed E-state index contributed by atoms with van der Waals surface area (Å²) in [5, 5.41) is 4.92. The Labute approximate surface area is 192 Å². The van der Waals surface area contributed by atoms with Crippen LogP contribution in [0.15, 0.2) is 36.4 Å². The molecule has 0 aliphatic carbocycles. The highest BCUT2D eigenvalue weighted by molar-refractivity contribution is 8.76. The van der Waals surface area contributed by atoms with Crippen molar-refractivity contribution in [2.24, 2.45) is 0 Å². The first-order valence-electron chi connectivity index (χ1n) is 11.8. The highest BCUT2D eigenvalue weighted by atomic mass is 33.1. The number of nitrogens with two attached hydrogens (primary N) is 2. The molecular formula is C26H42N2S2+2. The van der Waals surface area contributed by atoms with Crippen LogP contribution in [0.4, 0.5) is 0 Å². The summed E-state index contributed by atoms with van der Waals surface area (Å²) in [4.78, 5) is 0. The molecule has 30 heavy (non-hydrogen) atoms. The lowest BCUT2D eigenvalue weighted by atomic mass is 10.0. The summed E-state index contributed by atoms with van der Waals surface area (Å²) in [5.41, 5.74) is 8.88. The molecule has 0 amide bonds. The third kappa shape index (κ3) is 9.47. The molecule has 0 saturated carbocycles. The van der Waals surface area contributed by atoms with E-state index in [1.165, 1.54) is 58.0 Å². The van der Waals surface area contributed by atoms with Gasteiger partial charge in [0.1, 0.15) is 13.1 Å². The van der Waals surface area contributed by atoms with E-state index in [-0.39, 0.29) is 0 Å². The van der Waals surface area contributed by atoms with Gasteiger partial charge in [0.15, 0.2) is 0 Å². The van der Waals surface area contributed by atoms with E-state index in [0.717, 1.165) is 38.8 Å². The minimum absolute atomic E-state index is 1.11. The summed E-state index contributed by atoms with van der Waals surface area (Å²) >= 11 is 0. The SMILES string of the molecule is CCc1cc(CC)cc(C[NH2+]CCSSCC[NH2+]Cc2cc(CC)cc(CC)c2)c1. The van der Waals surface area contributed by atoms with Crippen LogP contribution in [-0.2, 0) is 38.8 Å². The molecule has 166 valence electrons. The van der Waals surface area contributed by atoms with E-state index >= 15 is 0 Å². The molecule has 0 fully saturated rings. The van der Waals surface area contributed by atoms with Crippen molar-refractivity contribution in [3.63, 3.8) is 0 Å². The largest absolute Gasteiger partial charge is 0.342 e. The van der Waals surface area contributed by atoms with Crippen LogP contribution in [0.1, 0.15) is 61.1 Å². The third-order valence-corrected chi connectivity index (χ3v) is 7.98. The van der Waals surface area contributed by atoms with Gasteiger partial charge in [0, 0.05) is 11.1 Å². The molecule has 0 aliphatic heterocycles. The first kappa shape index (κ1) is 25.3. The van der Waals surface area contributed by atoms with Crippen LogP contribution in [0.5, 0.6) is 0 Å². The predicted molar refractivity (Wildman–Crippen MR) is 136 cm³/mol. The normalized spacial score (nSPS) is 11.2. The number of benzene rings is 2. The van der Waals surface area contributed by atoms with E-state index in [1.807, 2.05) is 21.6 Å². The summed E-state index contributed by atoms with van der Waals surface area (Å²) in [6.45, 7) is 13.6. The first-order valence-corrected chi connectivity index (χ1v) is 14.3. The quantitative estimate of drug-likeness (QED) is 0.318. The second-order valence-corrected chi connectivity index (χ2v) is 10.6. The number of aryl methyl sites for hydroxylation is 4. The Morgan fingerprint density at radius 2 is 0.800 bits per heavy atom. The van der Waals surface area contributed by atoms with Crippen molar-refractivity contribution >= 4 is 21.6 Å². The van der Waals surface area contributed by atoms with E-state index in [0.29, 0.717) is 0 Å². The third-order valence-electron chi connectivity index (χ3n) is 5.51.